The third-order valence-corrected chi connectivity index (χ3v) is 5.01. The molecule has 22 heavy (non-hydrogen) atoms. The van der Waals surface area contributed by atoms with Crippen LogP contribution in [0.1, 0.15) is 0 Å². The van der Waals surface area contributed by atoms with Crippen LogP contribution in [0.25, 0.3) is 0 Å². The predicted molar refractivity (Wildman–Crippen MR) is 79.3 cm³/mol. The number of hydrogen-bond donors (Lipinski definition) is 0. The van der Waals surface area contributed by atoms with Crippen molar-refractivity contribution in [2.24, 2.45) is 0 Å². The SMILES string of the molecule is O=C(N1CCN(CS(=O)[O-])CC1)N1CCN(CS(=O)[O-])CC1. The van der Waals surface area contributed by atoms with E-state index in [1.165, 1.54) is 0 Å². The van der Waals surface area contributed by atoms with Crippen LogP contribution in [0.15, 0.2) is 0 Å². The Morgan fingerprint density at radius 2 is 1.05 bits per heavy atom. The van der Waals surface area contributed by atoms with Crippen LogP contribution < -0.4 is 0 Å². The fourth-order valence-electron chi connectivity index (χ4n) is 2.63. The lowest BCUT2D eigenvalue weighted by Crippen LogP contribution is -2.57. The molecule has 0 radical (unpaired) electrons. The number of carbonyl (C=O) groups excluding carboxylic acids is 1. The van der Waals surface area contributed by atoms with E-state index in [4.69, 9.17) is 0 Å². The molecule has 2 unspecified atom stereocenters. The standard InChI is InChI=1S/C11H22N4O5S2/c16-11(14-5-1-12(2-6-14)9-21(17)18)15-7-3-13(4-8-15)10-22(19)20/h1-10H2,(H,17,18)(H,19,20)/p-2. The maximum Gasteiger partial charge on any atom is 0.320 e. The lowest BCUT2D eigenvalue weighted by molar-refractivity contribution is 0.0985. The summed E-state index contributed by atoms with van der Waals surface area (Å²) < 4.78 is 42.6. The van der Waals surface area contributed by atoms with Crippen molar-refractivity contribution < 1.29 is 22.3 Å². The van der Waals surface area contributed by atoms with Gasteiger partial charge in [0.15, 0.2) is 0 Å². The van der Waals surface area contributed by atoms with Gasteiger partial charge in [0.25, 0.3) is 0 Å². The molecule has 2 atom stereocenters. The van der Waals surface area contributed by atoms with E-state index < -0.39 is 22.2 Å². The molecular formula is C11H20N4O5S2-2. The summed E-state index contributed by atoms with van der Waals surface area (Å²) in [6.45, 7) is 4.26. The highest BCUT2D eigenvalue weighted by molar-refractivity contribution is 7.79. The van der Waals surface area contributed by atoms with E-state index in [2.05, 4.69) is 0 Å². The van der Waals surface area contributed by atoms with E-state index in [1.807, 2.05) is 0 Å². The molecule has 2 fully saturated rings. The minimum atomic E-state index is -2.09. The van der Waals surface area contributed by atoms with Crippen LogP contribution >= 0.6 is 0 Å². The lowest BCUT2D eigenvalue weighted by atomic mass is 10.3. The molecule has 0 aromatic heterocycles. The van der Waals surface area contributed by atoms with E-state index in [9.17, 15) is 22.3 Å². The Bertz CT molecular complexity index is 398. The maximum absolute atomic E-state index is 12.4. The average molecular weight is 352 g/mol. The molecule has 0 aliphatic carbocycles. The van der Waals surface area contributed by atoms with Crippen LogP contribution in [0.2, 0.25) is 0 Å². The van der Waals surface area contributed by atoms with Gasteiger partial charge in [0.05, 0.1) is 11.8 Å². The Balaban J connectivity index is 1.74. The first-order chi connectivity index (χ1) is 10.5. The Hall–Kier alpha value is -0.590. The fraction of sp³-hybridized carbons (Fsp3) is 0.909. The third kappa shape index (κ3) is 5.25. The first-order valence-corrected chi connectivity index (χ1v) is 9.55. The number of carbonyl (C=O) groups is 1. The lowest BCUT2D eigenvalue weighted by Gasteiger charge is -2.40. The molecule has 2 heterocycles. The zero-order valence-electron chi connectivity index (χ0n) is 12.2. The molecule has 2 aliphatic rings. The molecule has 9 nitrogen and oxygen atoms in total. The van der Waals surface area contributed by atoms with Crippen LogP contribution in [-0.2, 0) is 22.2 Å². The van der Waals surface area contributed by atoms with Crippen molar-refractivity contribution in [1.82, 2.24) is 19.6 Å². The first-order valence-electron chi connectivity index (χ1n) is 7.06. The molecule has 0 spiro atoms. The topological polar surface area (TPSA) is 110 Å². The summed E-state index contributed by atoms with van der Waals surface area (Å²) in [5, 5.41) is 0. The van der Waals surface area contributed by atoms with Gasteiger partial charge in [-0.1, -0.05) is 0 Å². The fourth-order valence-corrected chi connectivity index (χ4v) is 3.75. The summed E-state index contributed by atoms with van der Waals surface area (Å²) in [5.74, 6) is 0.0140. The van der Waals surface area contributed by atoms with Gasteiger partial charge in [0.1, 0.15) is 0 Å². The second kappa shape index (κ2) is 8.31. The van der Waals surface area contributed by atoms with E-state index >= 15 is 0 Å². The molecule has 0 aromatic rings. The Kier molecular flexibility index (Phi) is 6.71. The summed E-state index contributed by atoms with van der Waals surface area (Å²) in [6, 6.07) is -0.0502. The molecule has 0 N–H and O–H groups in total. The minimum absolute atomic E-state index is 0.00698. The molecule has 0 bridgehead atoms. The van der Waals surface area contributed by atoms with Gasteiger partial charge < -0.3 is 18.9 Å². The van der Waals surface area contributed by atoms with Gasteiger partial charge in [-0.2, -0.15) is 0 Å². The molecule has 2 rings (SSSR count). The van der Waals surface area contributed by atoms with Crippen LogP contribution in [0, 0.1) is 0 Å². The van der Waals surface area contributed by atoms with Gasteiger partial charge in [-0.05, 0) is 22.2 Å². The number of amides is 2. The quantitative estimate of drug-likeness (QED) is 0.539. The Labute approximate surface area is 134 Å². The number of urea groups is 1. The molecule has 0 aromatic carbocycles. The molecule has 128 valence electrons. The highest BCUT2D eigenvalue weighted by Crippen LogP contribution is 2.09. The van der Waals surface area contributed by atoms with Crippen LogP contribution in [-0.4, -0.2) is 107 Å². The van der Waals surface area contributed by atoms with Crippen LogP contribution in [0.4, 0.5) is 4.79 Å². The summed E-state index contributed by atoms with van der Waals surface area (Å²) in [7, 11) is 0. The number of hydrogen-bond acceptors (Lipinski definition) is 7. The molecule has 2 amide bonds. The third-order valence-electron chi connectivity index (χ3n) is 3.86. The normalized spacial score (nSPS) is 24.3. The van der Waals surface area contributed by atoms with Crippen molar-refractivity contribution in [3.8, 4) is 0 Å². The van der Waals surface area contributed by atoms with Crippen molar-refractivity contribution in [3.05, 3.63) is 0 Å². The van der Waals surface area contributed by atoms with Crippen molar-refractivity contribution in [2.45, 2.75) is 0 Å². The van der Waals surface area contributed by atoms with Crippen molar-refractivity contribution in [3.63, 3.8) is 0 Å². The minimum Gasteiger partial charge on any atom is -0.771 e. The van der Waals surface area contributed by atoms with Gasteiger partial charge in [0, 0.05) is 52.4 Å². The number of piperazine rings is 2. The zero-order chi connectivity index (χ0) is 16.1. The second-order valence-electron chi connectivity index (χ2n) is 5.36. The predicted octanol–water partition coefficient (Wildman–Crippen LogP) is -1.99. The molecule has 2 saturated heterocycles. The van der Waals surface area contributed by atoms with Gasteiger partial charge in [0.2, 0.25) is 0 Å². The summed E-state index contributed by atoms with van der Waals surface area (Å²) in [4.78, 5) is 19.4. The smallest absolute Gasteiger partial charge is 0.320 e. The first kappa shape index (κ1) is 17.8. The van der Waals surface area contributed by atoms with Gasteiger partial charge in [-0.15, -0.1) is 0 Å². The Morgan fingerprint density at radius 1 is 0.727 bits per heavy atom. The van der Waals surface area contributed by atoms with Crippen molar-refractivity contribution in [2.75, 3.05) is 64.1 Å². The average Bonchev–Trinajstić information content (AvgIpc) is 2.47. The summed E-state index contributed by atoms with van der Waals surface area (Å²) in [5.41, 5.74) is 0. The molecule has 11 heteroatoms. The monoisotopic (exact) mass is 352 g/mol. The highest BCUT2D eigenvalue weighted by Gasteiger charge is 2.27. The van der Waals surface area contributed by atoms with Crippen molar-refractivity contribution >= 4 is 28.2 Å². The van der Waals surface area contributed by atoms with E-state index in [-0.39, 0.29) is 17.8 Å². The molecular weight excluding hydrogens is 332 g/mol. The van der Waals surface area contributed by atoms with Gasteiger partial charge >= 0.3 is 6.03 Å². The van der Waals surface area contributed by atoms with Crippen LogP contribution in [0.5, 0.6) is 0 Å². The number of nitrogens with zero attached hydrogens (tertiary/aromatic N) is 4. The van der Waals surface area contributed by atoms with Gasteiger partial charge in [-0.25, -0.2) is 4.79 Å². The molecule has 0 saturated carbocycles. The van der Waals surface area contributed by atoms with Crippen molar-refractivity contribution in [1.29, 1.82) is 0 Å². The second-order valence-corrected chi connectivity index (χ2v) is 7.09. The van der Waals surface area contributed by atoms with E-state index in [0.717, 1.165) is 0 Å². The maximum atomic E-state index is 12.4. The van der Waals surface area contributed by atoms with E-state index in [0.29, 0.717) is 52.4 Å². The zero-order valence-corrected chi connectivity index (χ0v) is 13.9. The largest absolute Gasteiger partial charge is 0.771 e. The Morgan fingerprint density at radius 3 is 1.32 bits per heavy atom. The van der Waals surface area contributed by atoms with Crippen LogP contribution in [0.3, 0.4) is 0 Å². The molecule has 2 aliphatic heterocycles. The summed E-state index contributed by atoms with van der Waals surface area (Å²) in [6.07, 6.45) is 0. The van der Waals surface area contributed by atoms with Gasteiger partial charge in [-0.3, -0.25) is 18.2 Å². The highest BCUT2D eigenvalue weighted by atomic mass is 32.2. The van der Waals surface area contributed by atoms with E-state index in [1.54, 1.807) is 19.6 Å². The summed E-state index contributed by atoms with van der Waals surface area (Å²) >= 11 is -4.18. The number of rotatable bonds is 4.